The Morgan fingerprint density at radius 2 is 2.00 bits per heavy atom. The zero-order chi connectivity index (χ0) is 21.7. The summed E-state index contributed by atoms with van der Waals surface area (Å²) in [6, 6.07) is 16.0. The standard InChI is InChI=1S/C25H31FN2O2/c1-18-9-11-22(19-10-12-23-20(16-19)7-6-14-28(23)4)27-13-5-8-21(15-18)30-25(2,3)24(29)17-26/h5,8-13,15-16,24,29H,6-7,14,17H2,1-4H3. The van der Waals surface area contributed by atoms with Crippen LogP contribution in [-0.4, -0.2) is 42.1 Å². The first-order chi connectivity index (χ1) is 14.3. The van der Waals surface area contributed by atoms with Crippen LogP contribution >= 0.6 is 0 Å². The molecule has 1 N–H and O–H groups in total. The lowest BCUT2D eigenvalue weighted by Gasteiger charge is -2.29. The molecule has 30 heavy (non-hydrogen) atoms. The SMILES string of the molecule is Cc1ccc(-c2ccc3c(c2)CCCN3C)ncccc(OC(C)(C)C(O)CF)c1. The molecule has 3 rings (SSSR count). The molecule has 1 aromatic heterocycles. The van der Waals surface area contributed by atoms with Gasteiger partial charge >= 0.3 is 0 Å². The van der Waals surface area contributed by atoms with Gasteiger partial charge in [-0.3, -0.25) is 4.98 Å². The second-order valence-corrected chi connectivity index (χ2v) is 8.39. The summed E-state index contributed by atoms with van der Waals surface area (Å²) in [6.45, 7) is 5.54. The van der Waals surface area contributed by atoms with Crippen LogP contribution in [-0.2, 0) is 6.42 Å². The maximum absolute atomic E-state index is 12.9. The zero-order valence-corrected chi connectivity index (χ0v) is 18.2. The van der Waals surface area contributed by atoms with E-state index in [9.17, 15) is 9.50 Å². The van der Waals surface area contributed by atoms with E-state index < -0.39 is 18.4 Å². The van der Waals surface area contributed by atoms with Crippen molar-refractivity contribution in [2.45, 2.75) is 45.3 Å². The Morgan fingerprint density at radius 3 is 2.77 bits per heavy atom. The number of fused-ring (bicyclic) bond motifs is 1. The number of aromatic nitrogens is 1. The van der Waals surface area contributed by atoms with E-state index >= 15 is 0 Å². The molecule has 0 spiro atoms. The number of aliphatic hydroxyl groups is 1. The van der Waals surface area contributed by atoms with Gasteiger partial charge in [0.1, 0.15) is 24.1 Å². The summed E-state index contributed by atoms with van der Waals surface area (Å²) in [6.07, 6.45) is 2.78. The average molecular weight is 411 g/mol. The quantitative estimate of drug-likeness (QED) is 0.749. The van der Waals surface area contributed by atoms with Crippen LogP contribution in [0.3, 0.4) is 0 Å². The topological polar surface area (TPSA) is 45.6 Å². The molecule has 0 amide bonds. The summed E-state index contributed by atoms with van der Waals surface area (Å²) < 4.78 is 18.8. The molecule has 4 nitrogen and oxygen atoms in total. The predicted molar refractivity (Wildman–Crippen MR) is 120 cm³/mol. The smallest absolute Gasteiger partial charge is 0.132 e. The molecule has 0 saturated heterocycles. The lowest BCUT2D eigenvalue weighted by molar-refractivity contribution is -0.0392. The second-order valence-electron chi connectivity index (χ2n) is 8.39. The molecule has 0 aliphatic carbocycles. The van der Waals surface area contributed by atoms with E-state index in [0.717, 1.165) is 36.2 Å². The highest BCUT2D eigenvalue weighted by atomic mass is 19.1. The molecule has 0 radical (unpaired) electrons. The van der Waals surface area contributed by atoms with Crippen LogP contribution in [0.15, 0.2) is 54.7 Å². The van der Waals surface area contributed by atoms with Crippen LogP contribution in [0.25, 0.3) is 11.3 Å². The Hall–Kier alpha value is -2.66. The van der Waals surface area contributed by atoms with Gasteiger partial charge in [0, 0.05) is 31.0 Å². The summed E-state index contributed by atoms with van der Waals surface area (Å²) in [4.78, 5) is 6.94. The Balaban J connectivity index is 1.94. The lowest BCUT2D eigenvalue weighted by atomic mass is 9.98. The first-order valence-electron chi connectivity index (χ1n) is 10.4. The zero-order valence-electron chi connectivity index (χ0n) is 18.2. The lowest BCUT2D eigenvalue weighted by Crippen LogP contribution is -2.43. The minimum Gasteiger partial charge on any atom is -0.485 e. The summed E-state index contributed by atoms with van der Waals surface area (Å²) in [5.41, 5.74) is 4.56. The van der Waals surface area contributed by atoms with E-state index in [-0.39, 0.29) is 0 Å². The highest BCUT2D eigenvalue weighted by Gasteiger charge is 2.29. The maximum atomic E-state index is 12.9. The number of anilines is 1. The molecule has 0 fully saturated rings. The first-order valence-corrected chi connectivity index (χ1v) is 10.4. The molecular weight excluding hydrogens is 379 g/mol. The van der Waals surface area contributed by atoms with Gasteiger partial charge in [-0.05, 0) is 81.1 Å². The number of hydrogen-bond acceptors (Lipinski definition) is 4. The first kappa shape index (κ1) is 22.0. The van der Waals surface area contributed by atoms with E-state index in [2.05, 4.69) is 35.1 Å². The van der Waals surface area contributed by atoms with Crippen molar-refractivity contribution >= 4 is 5.69 Å². The fourth-order valence-corrected chi connectivity index (χ4v) is 3.57. The maximum Gasteiger partial charge on any atom is 0.132 e. The largest absolute Gasteiger partial charge is 0.485 e. The van der Waals surface area contributed by atoms with Crippen molar-refractivity contribution < 1.29 is 14.2 Å². The average Bonchev–Trinajstić information content (AvgIpc) is 2.72. The van der Waals surface area contributed by atoms with E-state index in [1.165, 1.54) is 11.3 Å². The van der Waals surface area contributed by atoms with E-state index in [1.807, 2.05) is 25.1 Å². The Kier molecular flexibility index (Phi) is 6.93. The molecule has 1 unspecified atom stereocenters. The van der Waals surface area contributed by atoms with Crippen molar-refractivity contribution in [1.29, 1.82) is 0 Å². The van der Waals surface area contributed by atoms with Crippen LogP contribution in [0.5, 0.6) is 5.75 Å². The number of aliphatic hydroxyl groups excluding tert-OH is 1. The predicted octanol–water partition coefficient (Wildman–Crippen LogP) is 5.05. The number of alkyl halides is 1. The molecule has 1 aliphatic rings. The molecule has 0 bridgehead atoms. The number of aryl methyl sites for hydroxylation is 2. The van der Waals surface area contributed by atoms with Crippen LogP contribution in [0, 0.1) is 6.92 Å². The van der Waals surface area contributed by atoms with Crippen molar-refractivity contribution in [3.8, 4) is 17.0 Å². The monoisotopic (exact) mass is 410 g/mol. The fourth-order valence-electron chi connectivity index (χ4n) is 3.57. The molecule has 1 aliphatic heterocycles. The van der Waals surface area contributed by atoms with Crippen LogP contribution in [0.4, 0.5) is 10.1 Å². The van der Waals surface area contributed by atoms with E-state index in [0.29, 0.717) is 5.75 Å². The third-order valence-corrected chi connectivity index (χ3v) is 5.49. The van der Waals surface area contributed by atoms with Gasteiger partial charge in [-0.15, -0.1) is 0 Å². The summed E-state index contributed by atoms with van der Waals surface area (Å²) in [7, 11) is 2.13. The van der Waals surface area contributed by atoms with Crippen LogP contribution in [0.2, 0.25) is 0 Å². The van der Waals surface area contributed by atoms with Gasteiger partial charge in [0.15, 0.2) is 0 Å². The van der Waals surface area contributed by atoms with Crippen molar-refractivity contribution in [2.75, 3.05) is 25.2 Å². The summed E-state index contributed by atoms with van der Waals surface area (Å²) >= 11 is 0. The van der Waals surface area contributed by atoms with E-state index in [4.69, 9.17) is 4.74 Å². The molecule has 2 heterocycles. The van der Waals surface area contributed by atoms with Gasteiger partial charge in [0.05, 0.1) is 5.69 Å². The number of hydrogen-bond donors (Lipinski definition) is 1. The molecule has 1 aromatic carbocycles. The Morgan fingerprint density at radius 1 is 1.20 bits per heavy atom. The second kappa shape index (κ2) is 9.43. The molecule has 0 saturated carbocycles. The normalized spacial score (nSPS) is 14.5. The van der Waals surface area contributed by atoms with Crippen molar-refractivity contribution in [3.05, 3.63) is 65.9 Å². The molecular formula is C25H31FN2O2. The number of rotatable bonds is 5. The summed E-state index contributed by atoms with van der Waals surface area (Å²) in [5.74, 6) is 0.543. The molecule has 5 heteroatoms. The van der Waals surface area contributed by atoms with Gasteiger partial charge in [-0.25, -0.2) is 4.39 Å². The van der Waals surface area contributed by atoms with Crippen molar-refractivity contribution in [1.82, 2.24) is 4.98 Å². The summed E-state index contributed by atoms with van der Waals surface area (Å²) in [5, 5.41) is 9.87. The van der Waals surface area contributed by atoms with Crippen LogP contribution < -0.4 is 9.64 Å². The molecule has 1 atom stereocenters. The highest BCUT2D eigenvalue weighted by molar-refractivity contribution is 5.67. The highest BCUT2D eigenvalue weighted by Crippen LogP contribution is 2.30. The van der Waals surface area contributed by atoms with Gasteiger partial charge < -0.3 is 14.7 Å². The van der Waals surface area contributed by atoms with Crippen molar-refractivity contribution in [2.24, 2.45) is 0 Å². The van der Waals surface area contributed by atoms with Gasteiger partial charge in [-0.2, -0.15) is 0 Å². The van der Waals surface area contributed by atoms with Gasteiger partial charge in [-0.1, -0.05) is 12.1 Å². The van der Waals surface area contributed by atoms with E-state index in [1.54, 1.807) is 32.2 Å². The third kappa shape index (κ3) is 5.28. The number of ether oxygens (including phenoxy) is 1. The third-order valence-electron chi connectivity index (χ3n) is 5.49. The van der Waals surface area contributed by atoms with Crippen LogP contribution in [0.1, 0.15) is 31.4 Å². The fraction of sp³-hybridized carbons (Fsp3) is 0.400. The number of nitrogens with zero attached hydrogens (tertiary/aromatic N) is 2. The van der Waals surface area contributed by atoms with Crippen molar-refractivity contribution in [3.63, 3.8) is 0 Å². The van der Waals surface area contributed by atoms with Gasteiger partial charge in [0.2, 0.25) is 0 Å². The molecule has 2 aromatic rings. The van der Waals surface area contributed by atoms with Gasteiger partial charge in [0.25, 0.3) is 0 Å². The molecule has 160 valence electrons. The Labute approximate surface area is 178 Å². The number of benzene rings is 1. The Bertz CT molecular complexity index is 944. The number of halogens is 1. The minimum atomic E-state index is -1.20. The minimum absolute atomic E-state index is 0.543.